The highest BCUT2D eigenvalue weighted by Gasteiger charge is 2.21. The molecule has 6 heteroatoms. The summed E-state index contributed by atoms with van der Waals surface area (Å²) in [5.41, 5.74) is 9.65. The largest absolute Gasteiger partial charge is 0.382 e. The van der Waals surface area contributed by atoms with Crippen molar-refractivity contribution >= 4 is 40.4 Å². The second-order valence-corrected chi connectivity index (χ2v) is 6.31. The topological polar surface area (TPSA) is 54.7 Å². The minimum Gasteiger partial charge on any atom is -0.382 e. The number of aryl methyl sites for hydroxylation is 1. The lowest BCUT2D eigenvalue weighted by Crippen LogP contribution is -1.91. The number of benzene rings is 1. The quantitative estimate of drug-likeness (QED) is 0.685. The number of hydrogen-bond acceptors (Lipinski definition) is 3. The second kappa shape index (κ2) is 5.72. The van der Waals surface area contributed by atoms with E-state index in [1.165, 1.54) is 5.56 Å². The fourth-order valence-electron chi connectivity index (χ4n) is 2.34. The molecule has 0 amide bonds. The number of nitrogens with one attached hydrogen (secondary N) is 1. The van der Waals surface area contributed by atoms with E-state index in [0.717, 1.165) is 28.1 Å². The Labute approximate surface area is 136 Å². The summed E-state index contributed by atoms with van der Waals surface area (Å²) in [5, 5.41) is 10.4. The van der Waals surface area contributed by atoms with Gasteiger partial charge in [0.2, 0.25) is 0 Å². The Morgan fingerprint density at radius 1 is 1.19 bits per heavy atom. The van der Waals surface area contributed by atoms with E-state index in [2.05, 4.69) is 28.6 Å². The first-order chi connectivity index (χ1) is 10.1. The van der Waals surface area contributed by atoms with E-state index in [-0.39, 0.29) is 0 Å². The molecule has 21 heavy (non-hydrogen) atoms. The summed E-state index contributed by atoms with van der Waals surface area (Å²) in [4.78, 5) is 1.12. The normalized spacial score (nSPS) is 11.0. The summed E-state index contributed by atoms with van der Waals surface area (Å²) in [6.45, 7) is 2.12. The van der Waals surface area contributed by atoms with Gasteiger partial charge in [0.25, 0.3) is 0 Å². The Balaban J connectivity index is 2.28. The third kappa shape index (κ3) is 2.44. The Hall–Kier alpha value is -1.49. The minimum atomic E-state index is 0.399. The van der Waals surface area contributed by atoms with Gasteiger partial charge in [-0.1, -0.05) is 36.2 Å². The van der Waals surface area contributed by atoms with E-state index in [9.17, 15) is 0 Å². The molecular formula is C15H13Cl2N3S. The molecule has 0 atom stereocenters. The summed E-state index contributed by atoms with van der Waals surface area (Å²) in [6, 6.07) is 7.52. The van der Waals surface area contributed by atoms with Crippen LogP contribution in [0, 0.1) is 0 Å². The Bertz CT molecular complexity index is 772. The summed E-state index contributed by atoms with van der Waals surface area (Å²) in [6.07, 6.45) is 0.938. The van der Waals surface area contributed by atoms with Crippen molar-refractivity contribution in [2.24, 2.45) is 0 Å². The number of rotatable bonds is 3. The number of H-pyrrole nitrogens is 1. The molecule has 0 spiro atoms. The predicted molar refractivity (Wildman–Crippen MR) is 91.1 cm³/mol. The average molecular weight is 338 g/mol. The smallest absolute Gasteiger partial charge is 0.153 e. The van der Waals surface area contributed by atoms with Crippen LogP contribution in [0.2, 0.25) is 10.0 Å². The first-order valence-electron chi connectivity index (χ1n) is 6.48. The number of nitrogens with zero attached hydrogens (tertiary/aromatic N) is 1. The first-order valence-corrected chi connectivity index (χ1v) is 8.12. The number of nitrogens with two attached hydrogens (primary N) is 1. The Morgan fingerprint density at radius 2 is 1.90 bits per heavy atom. The lowest BCUT2D eigenvalue weighted by molar-refractivity contribution is 1.10. The zero-order valence-electron chi connectivity index (χ0n) is 11.3. The number of hydrogen-bond donors (Lipinski definition) is 2. The van der Waals surface area contributed by atoms with Gasteiger partial charge < -0.3 is 5.73 Å². The van der Waals surface area contributed by atoms with E-state index >= 15 is 0 Å². The molecule has 1 aromatic carbocycles. The molecule has 0 bridgehead atoms. The van der Waals surface area contributed by atoms with E-state index in [1.807, 2.05) is 6.07 Å². The number of thiophene rings is 1. The molecule has 3 nitrogen and oxygen atoms in total. The monoisotopic (exact) mass is 337 g/mol. The fourth-order valence-corrected chi connectivity index (χ4v) is 3.93. The SMILES string of the molecule is CCc1ccsc1-c1[nH]nc(N)c1-c1c(Cl)cccc1Cl. The third-order valence-electron chi connectivity index (χ3n) is 3.36. The standard InChI is InChI=1S/C15H13Cl2N3S/c1-2-8-6-7-21-14(8)13-12(15(18)20-19-13)11-9(16)4-3-5-10(11)17/h3-7H,2H2,1H3,(H3,18,19,20). The summed E-state index contributed by atoms with van der Waals surface area (Å²) < 4.78 is 0. The molecule has 0 radical (unpaired) electrons. The van der Waals surface area contributed by atoms with Gasteiger partial charge in [-0.3, -0.25) is 5.10 Å². The second-order valence-electron chi connectivity index (χ2n) is 4.58. The molecule has 3 rings (SSSR count). The zero-order valence-corrected chi connectivity index (χ0v) is 13.6. The molecule has 0 saturated heterocycles. The van der Waals surface area contributed by atoms with Crippen LogP contribution in [0.3, 0.4) is 0 Å². The molecule has 2 aromatic heterocycles. The Kier molecular flexibility index (Phi) is 3.93. The highest BCUT2D eigenvalue weighted by molar-refractivity contribution is 7.13. The van der Waals surface area contributed by atoms with Crippen LogP contribution in [0.1, 0.15) is 12.5 Å². The van der Waals surface area contributed by atoms with Gasteiger partial charge in [-0.05, 0) is 35.6 Å². The lowest BCUT2D eigenvalue weighted by atomic mass is 10.0. The van der Waals surface area contributed by atoms with E-state index in [4.69, 9.17) is 28.9 Å². The first kappa shape index (κ1) is 14.4. The van der Waals surface area contributed by atoms with Crippen molar-refractivity contribution in [2.45, 2.75) is 13.3 Å². The van der Waals surface area contributed by atoms with Gasteiger partial charge in [-0.2, -0.15) is 5.10 Å². The molecule has 0 unspecified atom stereocenters. The van der Waals surface area contributed by atoms with Crippen LogP contribution in [-0.4, -0.2) is 10.2 Å². The number of aromatic amines is 1. The highest BCUT2D eigenvalue weighted by atomic mass is 35.5. The number of halogens is 2. The van der Waals surface area contributed by atoms with Crippen molar-refractivity contribution in [1.29, 1.82) is 0 Å². The molecule has 0 fully saturated rings. The maximum absolute atomic E-state index is 6.32. The van der Waals surface area contributed by atoms with Crippen molar-refractivity contribution in [2.75, 3.05) is 5.73 Å². The van der Waals surface area contributed by atoms with Gasteiger partial charge in [-0.15, -0.1) is 11.3 Å². The zero-order chi connectivity index (χ0) is 15.0. The van der Waals surface area contributed by atoms with Gasteiger partial charge in [0.1, 0.15) is 0 Å². The minimum absolute atomic E-state index is 0.399. The van der Waals surface area contributed by atoms with Gasteiger partial charge in [0.05, 0.1) is 26.2 Å². The van der Waals surface area contributed by atoms with Crippen molar-refractivity contribution in [3.63, 3.8) is 0 Å². The van der Waals surface area contributed by atoms with Gasteiger partial charge in [0.15, 0.2) is 5.82 Å². The molecule has 0 aliphatic heterocycles. The molecule has 0 aliphatic rings. The van der Waals surface area contributed by atoms with Crippen LogP contribution in [-0.2, 0) is 6.42 Å². The van der Waals surface area contributed by atoms with Crippen LogP contribution in [0.25, 0.3) is 21.7 Å². The van der Waals surface area contributed by atoms with Gasteiger partial charge in [-0.25, -0.2) is 0 Å². The molecule has 0 aliphatic carbocycles. The van der Waals surface area contributed by atoms with Crippen molar-refractivity contribution in [3.05, 3.63) is 45.3 Å². The van der Waals surface area contributed by atoms with E-state index in [0.29, 0.717) is 15.9 Å². The molecule has 3 aromatic rings. The van der Waals surface area contributed by atoms with E-state index < -0.39 is 0 Å². The van der Waals surface area contributed by atoms with Gasteiger partial charge in [0, 0.05) is 5.56 Å². The average Bonchev–Trinajstić information content (AvgIpc) is 3.06. The van der Waals surface area contributed by atoms with Crippen LogP contribution < -0.4 is 5.73 Å². The fraction of sp³-hybridized carbons (Fsp3) is 0.133. The van der Waals surface area contributed by atoms with Crippen molar-refractivity contribution < 1.29 is 0 Å². The lowest BCUT2D eigenvalue weighted by Gasteiger charge is -2.09. The van der Waals surface area contributed by atoms with E-state index in [1.54, 1.807) is 23.5 Å². The van der Waals surface area contributed by atoms with Crippen molar-refractivity contribution in [3.8, 4) is 21.7 Å². The van der Waals surface area contributed by atoms with Gasteiger partial charge >= 0.3 is 0 Å². The maximum Gasteiger partial charge on any atom is 0.153 e. The molecule has 3 N–H and O–H groups in total. The van der Waals surface area contributed by atoms with Crippen LogP contribution in [0.15, 0.2) is 29.6 Å². The summed E-state index contributed by atoms with van der Waals surface area (Å²) in [7, 11) is 0. The van der Waals surface area contributed by atoms with Crippen LogP contribution in [0.4, 0.5) is 5.82 Å². The summed E-state index contributed by atoms with van der Waals surface area (Å²) in [5.74, 6) is 0.399. The summed E-state index contributed by atoms with van der Waals surface area (Å²) >= 11 is 14.3. The predicted octanol–water partition coefficient (Wildman–Crippen LogP) is 5.26. The number of aromatic nitrogens is 2. The Morgan fingerprint density at radius 3 is 2.57 bits per heavy atom. The van der Waals surface area contributed by atoms with Crippen LogP contribution in [0.5, 0.6) is 0 Å². The molecule has 0 saturated carbocycles. The maximum atomic E-state index is 6.32. The highest BCUT2D eigenvalue weighted by Crippen LogP contribution is 2.44. The molecular weight excluding hydrogens is 325 g/mol. The van der Waals surface area contributed by atoms with Crippen molar-refractivity contribution in [1.82, 2.24) is 10.2 Å². The molecule has 2 heterocycles. The van der Waals surface area contributed by atoms with Crippen LogP contribution >= 0.6 is 34.5 Å². The molecule has 108 valence electrons. The number of nitrogen functional groups attached to an aromatic ring is 1. The number of anilines is 1. The third-order valence-corrected chi connectivity index (χ3v) is 4.97.